The van der Waals surface area contributed by atoms with Crippen molar-refractivity contribution in [2.24, 2.45) is 0 Å². The summed E-state index contributed by atoms with van der Waals surface area (Å²) in [6, 6.07) is 13.7. The molecule has 1 saturated heterocycles. The first kappa shape index (κ1) is 33.6. The van der Waals surface area contributed by atoms with Gasteiger partial charge in [0.05, 0.1) is 12.1 Å². The third-order valence-electron chi connectivity index (χ3n) is 7.04. The molecular weight excluding hydrogens is 609 g/mol. The van der Waals surface area contributed by atoms with Crippen molar-refractivity contribution in [1.82, 2.24) is 10.2 Å². The number of rotatable bonds is 9. The van der Waals surface area contributed by atoms with Gasteiger partial charge >= 0.3 is 18.6 Å². The third-order valence-corrected chi connectivity index (χ3v) is 7.04. The summed E-state index contributed by atoms with van der Waals surface area (Å²) in [5.74, 6) is -3.76. The number of carbonyl (C=O) groups excluding carboxylic acids is 2. The summed E-state index contributed by atoms with van der Waals surface area (Å²) in [5, 5.41) is 2.75. The van der Waals surface area contributed by atoms with E-state index in [1.54, 1.807) is 51.1 Å². The Labute approximate surface area is 255 Å². The molecule has 3 aromatic carbocycles. The van der Waals surface area contributed by atoms with E-state index in [1.807, 2.05) is 0 Å². The molecule has 1 N–H and O–H groups in total. The van der Waals surface area contributed by atoms with Crippen molar-refractivity contribution < 1.29 is 49.8 Å². The summed E-state index contributed by atoms with van der Waals surface area (Å²) in [4.78, 5) is 27.9. The molecular formula is C32H31F7N2O4. The largest absolute Gasteiger partial charge is 0.461 e. The number of hydrogen-bond acceptors (Lipinski definition) is 4. The van der Waals surface area contributed by atoms with Gasteiger partial charge in [-0.25, -0.2) is 18.0 Å². The molecule has 3 atom stereocenters. The molecule has 0 aromatic heterocycles. The van der Waals surface area contributed by atoms with E-state index in [0.29, 0.717) is 11.6 Å². The van der Waals surface area contributed by atoms with Crippen LogP contribution in [0.5, 0.6) is 5.75 Å². The van der Waals surface area contributed by atoms with Gasteiger partial charge in [-0.15, -0.1) is 0 Å². The standard InChI is InChI=1S/C32H31F7N2O4/c1-30(2,3)45-29(43)41-18-24(35)16-26(41)27(42)40-31(17-19-7-5-4-6-8-19,20-9-11-22(33)12-10-20)21-13-23(34)15-25(14-21)44-32(38,39)28(36)37/h4-15,24,26,28H,16-18H2,1-3H3,(H,40,42)/t24?,26?,31-/m1/s1. The SMILES string of the molecule is CC(C)(C)OC(=O)N1CC(F)CC1C(=O)N[C@](Cc1ccccc1)(c1ccc(F)cc1)c1cc(F)cc(OC(F)(F)C(F)F)c1. The van der Waals surface area contributed by atoms with E-state index in [1.165, 1.54) is 12.1 Å². The Kier molecular flexibility index (Phi) is 9.69. The number of nitrogens with zero attached hydrogens (tertiary/aromatic N) is 1. The van der Waals surface area contributed by atoms with Crippen LogP contribution in [0.2, 0.25) is 0 Å². The Hall–Kier alpha value is -4.29. The zero-order valence-corrected chi connectivity index (χ0v) is 24.5. The number of alkyl halides is 5. The predicted octanol–water partition coefficient (Wildman–Crippen LogP) is 7.15. The molecule has 0 spiro atoms. The minimum absolute atomic E-state index is 0.122. The number of carbonyl (C=O) groups is 2. The highest BCUT2D eigenvalue weighted by atomic mass is 19.3. The predicted molar refractivity (Wildman–Crippen MR) is 150 cm³/mol. The summed E-state index contributed by atoms with van der Waals surface area (Å²) in [6.07, 6.45) is -12.4. The number of halogens is 7. The molecule has 45 heavy (non-hydrogen) atoms. The van der Waals surface area contributed by atoms with Crippen molar-refractivity contribution >= 4 is 12.0 Å². The quantitative estimate of drug-likeness (QED) is 0.253. The second kappa shape index (κ2) is 13.0. The van der Waals surface area contributed by atoms with E-state index in [-0.39, 0.29) is 17.5 Å². The van der Waals surface area contributed by atoms with Crippen molar-refractivity contribution in [3.8, 4) is 5.75 Å². The van der Waals surface area contributed by atoms with Crippen molar-refractivity contribution in [2.75, 3.05) is 6.54 Å². The topological polar surface area (TPSA) is 67.9 Å². The molecule has 0 radical (unpaired) electrons. The van der Waals surface area contributed by atoms with Gasteiger partial charge in [-0.1, -0.05) is 42.5 Å². The fourth-order valence-electron chi connectivity index (χ4n) is 5.11. The highest BCUT2D eigenvalue weighted by molar-refractivity contribution is 5.87. The van der Waals surface area contributed by atoms with Crippen molar-refractivity contribution in [2.45, 2.75) is 69.5 Å². The Morgan fingerprint density at radius 2 is 1.58 bits per heavy atom. The summed E-state index contributed by atoms with van der Waals surface area (Å²) >= 11 is 0. The van der Waals surface area contributed by atoms with Crippen LogP contribution in [0, 0.1) is 11.6 Å². The van der Waals surface area contributed by atoms with Crippen LogP contribution in [0.25, 0.3) is 0 Å². The molecule has 0 bridgehead atoms. The van der Waals surface area contributed by atoms with E-state index in [9.17, 15) is 35.9 Å². The highest BCUT2D eigenvalue weighted by Gasteiger charge is 2.47. The fourth-order valence-corrected chi connectivity index (χ4v) is 5.11. The number of benzene rings is 3. The Bertz CT molecular complexity index is 1500. The first-order valence-corrected chi connectivity index (χ1v) is 13.9. The molecule has 242 valence electrons. The van der Waals surface area contributed by atoms with Gasteiger partial charge in [-0.3, -0.25) is 9.69 Å². The maximum Gasteiger partial charge on any atom is 0.461 e. The second-order valence-electron chi connectivity index (χ2n) is 11.7. The molecule has 1 aliphatic rings. The number of likely N-dealkylation sites (tertiary alicyclic amines) is 1. The smallest absolute Gasteiger partial charge is 0.444 e. The van der Waals surface area contributed by atoms with Gasteiger partial charge in [-0.05, 0) is 61.7 Å². The van der Waals surface area contributed by atoms with Gasteiger partial charge in [0.1, 0.15) is 35.2 Å². The lowest BCUT2D eigenvalue weighted by molar-refractivity contribution is -0.253. The van der Waals surface area contributed by atoms with Crippen molar-refractivity contribution in [1.29, 1.82) is 0 Å². The summed E-state index contributed by atoms with van der Waals surface area (Å²) < 4.78 is 107. The third kappa shape index (κ3) is 8.06. The van der Waals surface area contributed by atoms with E-state index in [2.05, 4.69) is 10.1 Å². The van der Waals surface area contributed by atoms with E-state index in [0.717, 1.165) is 29.2 Å². The van der Waals surface area contributed by atoms with Crippen LogP contribution in [-0.2, 0) is 21.5 Å². The van der Waals surface area contributed by atoms with Gasteiger partial charge in [0.2, 0.25) is 5.91 Å². The second-order valence-corrected chi connectivity index (χ2v) is 11.7. The molecule has 6 nitrogen and oxygen atoms in total. The normalized spacial score (nSPS) is 18.4. The number of hydrogen-bond donors (Lipinski definition) is 1. The number of amides is 2. The van der Waals surface area contributed by atoms with Crippen molar-refractivity contribution in [3.05, 3.63) is 101 Å². The van der Waals surface area contributed by atoms with Crippen LogP contribution in [0.3, 0.4) is 0 Å². The van der Waals surface area contributed by atoms with Crippen LogP contribution in [0.15, 0.2) is 72.8 Å². The molecule has 1 aliphatic heterocycles. The lowest BCUT2D eigenvalue weighted by Gasteiger charge is -2.38. The molecule has 4 rings (SSSR count). The van der Waals surface area contributed by atoms with Gasteiger partial charge in [0.25, 0.3) is 0 Å². The zero-order valence-electron chi connectivity index (χ0n) is 24.5. The molecule has 0 aliphatic carbocycles. The Morgan fingerprint density at radius 3 is 2.18 bits per heavy atom. The lowest BCUT2D eigenvalue weighted by atomic mass is 9.77. The van der Waals surface area contributed by atoms with Gasteiger partial charge in [0, 0.05) is 18.9 Å². The van der Waals surface area contributed by atoms with E-state index < -0.39 is 78.2 Å². The molecule has 1 heterocycles. The van der Waals surface area contributed by atoms with Crippen LogP contribution < -0.4 is 10.1 Å². The number of ether oxygens (including phenoxy) is 2. The average Bonchev–Trinajstić information content (AvgIpc) is 3.34. The van der Waals surface area contributed by atoms with Crippen molar-refractivity contribution in [3.63, 3.8) is 0 Å². The maximum absolute atomic E-state index is 15.1. The fraction of sp³-hybridized carbons (Fsp3) is 0.375. The van der Waals surface area contributed by atoms with E-state index in [4.69, 9.17) is 4.74 Å². The highest BCUT2D eigenvalue weighted by Crippen LogP contribution is 2.38. The monoisotopic (exact) mass is 640 g/mol. The molecule has 1 fully saturated rings. The lowest BCUT2D eigenvalue weighted by Crippen LogP contribution is -2.55. The summed E-state index contributed by atoms with van der Waals surface area (Å²) in [5.41, 5.74) is -2.50. The van der Waals surface area contributed by atoms with Gasteiger partial charge in [-0.2, -0.15) is 17.6 Å². The minimum Gasteiger partial charge on any atom is -0.444 e. The molecule has 3 aromatic rings. The Balaban J connectivity index is 1.88. The first-order valence-electron chi connectivity index (χ1n) is 13.9. The molecule has 2 unspecified atom stereocenters. The van der Waals surface area contributed by atoms with Gasteiger partial charge in [0.15, 0.2) is 0 Å². The van der Waals surface area contributed by atoms with Crippen LogP contribution in [0.1, 0.15) is 43.9 Å². The maximum atomic E-state index is 15.1. The number of nitrogens with one attached hydrogen (secondary N) is 1. The first-order chi connectivity index (χ1) is 21.0. The van der Waals surface area contributed by atoms with Gasteiger partial charge < -0.3 is 14.8 Å². The molecule has 2 amide bonds. The molecule has 0 saturated carbocycles. The van der Waals surface area contributed by atoms with Crippen LogP contribution >= 0.6 is 0 Å². The zero-order chi connectivity index (χ0) is 33.2. The van der Waals surface area contributed by atoms with Crippen LogP contribution in [0.4, 0.5) is 35.5 Å². The summed E-state index contributed by atoms with van der Waals surface area (Å²) in [6.45, 7) is 4.30. The van der Waals surface area contributed by atoms with Crippen LogP contribution in [-0.4, -0.2) is 53.8 Å². The summed E-state index contributed by atoms with van der Waals surface area (Å²) in [7, 11) is 0. The van der Waals surface area contributed by atoms with E-state index >= 15 is 4.39 Å². The average molecular weight is 641 g/mol. The minimum atomic E-state index is -4.99. The molecule has 13 heteroatoms. The Morgan fingerprint density at radius 1 is 0.933 bits per heavy atom.